The predicted octanol–water partition coefficient (Wildman–Crippen LogP) is 9.36. The highest BCUT2D eigenvalue weighted by molar-refractivity contribution is 6.23. The zero-order valence-corrected chi connectivity index (χ0v) is 24.1. The van der Waals surface area contributed by atoms with Crippen molar-refractivity contribution < 1.29 is 9.13 Å². The summed E-state index contributed by atoms with van der Waals surface area (Å²) >= 11 is 0. The number of nitrogens with one attached hydrogen (secondary N) is 1. The summed E-state index contributed by atoms with van der Waals surface area (Å²) in [6.07, 6.45) is 0.962. The summed E-state index contributed by atoms with van der Waals surface area (Å²) in [6.45, 7) is 1.54. The molecule has 6 aromatic carbocycles. The maximum atomic E-state index is 16.0. The van der Waals surface area contributed by atoms with Crippen LogP contribution in [0.1, 0.15) is 28.7 Å². The average Bonchev–Trinajstić information content (AvgIpc) is 3.09. The van der Waals surface area contributed by atoms with Crippen LogP contribution in [-0.2, 0) is 0 Å². The number of hydrogen-bond donors (Lipinski definition) is 1. The van der Waals surface area contributed by atoms with Gasteiger partial charge < -0.3 is 10.1 Å². The van der Waals surface area contributed by atoms with Crippen molar-refractivity contribution in [3.05, 3.63) is 162 Å². The third-order valence-electron chi connectivity index (χ3n) is 8.38. The minimum atomic E-state index is -0.293. The molecule has 0 saturated heterocycles. The van der Waals surface area contributed by atoms with Crippen molar-refractivity contribution in [3.63, 3.8) is 0 Å². The molecule has 0 unspecified atom stereocenters. The minimum Gasteiger partial charge on any atom is -0.455 e. The monoisotopic (exact) mass is 572 g/mol. The molecule has 0 fully saturated rings. The van der Waals surface area contributed by atoms with Gasteiger partial charge in [0.1, 0.15) is 23.2 Å². The number of rotatable bonds is 5. The standard InChI is InChI=1S/C40H29FN2O/c41-30-24-31-33(26-14-5-1-6-15-26)35(28-18-9-3-10-19-28)37(40-42-22-13-23-43-40)39-36(31)32(25-30)34(27-16-7-2-8-17-27)38(44-39)29-20-11-4-12-21-29/h1-12,14-21,24-25H,13,22-23H2,(H,42,43). The zero-order valence-electron chi connectivity index (χ0n) is 24.1. The Morgan fingerprint density at radius 3 is 1.77 bits per heavy atom. The highest BCUT2D eigenvalue weighted by Crippen LogP contribution is 2.53. The van der Waals surface area contributed by atoms with Gasteiger partial charge in [0.25, 0.3) is 0 Å². The van der Waals surface area contributed by atoms with Gasteiger partial charge in [-0.1, -0.05) is 121 Å². The number of ether oxygens (including phenoxy) is 1. The summed E-state index contributed by atoms with van der Waals surface area (Å²) in [5, 5.41) is 5.29. The van der Waals surface area contributed by atoms with Gasteiger partial charge in [-0.3, -0.25) is 4.99 Å². The molecule has 0 aromatic heterocycles. The van der Waals surface area contributed by atoms with Crippen molar-refractivity contribution in [3.8, 4) is 28.0 Å². The van der Waals surface area contributed by atoms with E-state index < -0.39 is 0 Å². The second-order valence-corrected chi connectivity index (χ2v) is 11.1. The van der Waals surface area contributed by atoms with Gasteiger partial charge in [0.15, 0.2) is 0 Å². The van der Waals surface area contributed by atoms with Crippen LogP contribution in [-0.4, -0.2) is 18.9 Å². The number of hydrogen-bond acceptors (Lipinski definition) is 3. The molecule has 2 aliphatic rings. The van der Waals surface area contributed by atoms with Gasteiger partial charge in [0.05, 0.1) is 5.56 Å². The predicted molar refractivity (Wildman–Crippen MR) is 178 cm³/mol. The summed E-state index contributed by atoms with van der Waals surface area (Å²) in [4.78, 5) is 5.02. The van der Waals surface area contributed by atoms with E-state index >= 15 is 4.39 Å². The molecule has 6 aromatic rings. The van der Waals surface area contributed by atoms with Crippen LogP contribution in [0.2, 0.25) is 0 Å². The van der Waals surface area contributed by atoms with E-state index in [4.69, 9.17) is 9.73 Å². The molecule has 8 rings (SSSR count). The number of aliphatic imine (C=N–C) groups is 1. The van der Waals surface area contributed by atoms with E-state index in [0.717, 1.165) is 86.2 Å². The van der Waals surface area contributed by atoms with Gasteiger partial charge in [0, 0.05) is 40.7 Å². The van der Waals surface area contributed by atoms with Crippen LogP contribution in [0.15, 0.2) is 138 Å². The Labute approximate surface area is 256 Å². The molecular weight excluding hydrogens is 543 g/mol. The van der Waals surface area contributed by atoms with Gasteiger partial charge in [-0.15, -0.1) is 0 Å². The van der Waals surface area contributed by atoms with Gasteiger partial charge in [0.2, 0.25) is 0 Å². The van der Waals surface area contributed by atoms with Crippen LogP contribution in [0, 0.1) is 5.82 Å². The first kappa shape index (κ1) is 26.2. The Balaban J connectivity index is 1.59. The Bertz CT molecular complexity index is 2070. The Morgan fingerprint density at radius 2 is 1.18 bits per heavy atom. The topological polar surface area (TPSA) is 33.6 Å². The maximum absolute atomic E-state index is 16.0. The van der Waals surface area contributed by atoms with Gasteiger partial charge in [-0.2, -0.15) is 0 Å². The fraction of sp³-hybridized carbons (Fsp3) is 0.0750. The molecule has 3 nitrogen and oxygen atoms in total. The molecule has 0 spiro atoms. The number of benzene rings is 6. The molecular formula is C40H29FN2O. The quantitative estimate of drug-likeness (QED) is 0.223. The van der Waals surface area contributed by atoms with Gasteiger partial charge >= 0.3 is 0 Å². The summed E-state index contributed by atoms with van der Waals surface area (Å²) in [5.41, 5.74) is 8.41. The molecule has 0 radical (unpaired) electrons. The lowest BCUT2D eigenvalue weighted by Gasteiger charge is -2.31. The first-order valence-electron chi connectivity index (χ1n) is 15.0. The van der Waals surface area contributed by atoms with E-state index in [0.29, 0.717) is 11.5 Å². The smallest absolute Gasteiger partial charge is 0.147 e. The molecule has 0 aliphatic carbocycles. The van der Waals surface area contributed by atoms with E-state index in [1.54, 1.807) is 12.1 Å². The highest BCUT2D eigenvalue weighted by Gasteiger charge is 2.34. The number of nitrogens with zero attached hydrogens (tertiary/aromatic N) is 1. The van der Waals surface area contributed by atoms with Crippen LogP contribution in [0.4, 0.5) is 4.39 Å². The van der Waals surface area contributed by atoms with Crippen molar-refractivity contribution >= 4 is 27.9 Å². The fourth-order valence-electron chi connectivity index (χ4n) is 6.53. The van der Waals surface area contributed by atoms with Crippen molar-refractivity contribution in [2.24, 2.45) is 4.99 Å². The second kappa shape index (κ2) is 11.0. The summed E-state index contributed by atoms with van der Waals surface area (Å²) in [6, 6.07) is 44.2. The lowest BCUT2D eigenvalue weighted by molar-refractivity contribution is 0.517. The van der Waals surface area contributed by atoms with Crippen LogP contribution in [0.5, 0.6) is 5.75 Å². The Morgan fingerprint density at radius 1 is 0.614 bits per heavy atom. The molecule has 212 valence electrons. The molecule has 44 heavy (non-hydrogen) atoms. The number of halogens is 1. The molecule has 0 atom stereocenters. The van der Waals surface area contributed by atoms with Crippen LogP contribution >= 0.6 is 0 Å². The van der Waals surface area contributed by atoms with E-state index in [1.165, 1.54) is 0 Å². The lowest BCUT2D eigenvalue weighted by atomic mass is 9.80. The van der Waals surface area contributed by atoms with E-state index in [2.05, 4.69) is 41.7 Å². The molecule has 0 amide bonds. The van der Waals surface area contributed by atoms with Crippen molar-refractivity contribution in [1.29, 1.82) is 0 Å². The van der Waals surface area contributed by atoms with Crippen molar-refractivity contribution in [2.45, 2.75) is 6.42 Å². The summed E-state index contributed by atoms with van der Waals surface area (Å²) < 4.78 is 23.2. The minimum absolute atomic E-state index is 0.293. The zero-order chi connectivity index (χ0) is 29.5. The molecule has 4 heteroatoms. The average molecular weight is 573 g/mol. The van der Waals surface area contributed by atoms with E-state index in [9.17, 15) is 0 Å². The summed E-state index contributed by atoms with van der Waals surface area (Å²) in [7, 11) is 0. The first-order chi connectivity index (χ1) is 21.8. The van der Waals surface area contributed by atoms with Crippen LogP contribution in [0.25, 0.3) is 44.4 Å². The van der Waals surface area contributed by atoms with Crippen LogP contribution < -0.4 is 10.1 Å². The maximum Gasteiger partial charge on any atom is 0.147 e. The molecule has 1 N–H and O–H groups in total. The molecule has 0 bridgehead atoms. The number of amidine groups is 1. The third kappa shape index (κ3) is 4.38. The molecule has 2 aliphatic heterocycles. The lowest BCUT2D eigenvalue weighted by Crippen LogP contribution is -2.31. The highest BCUT2D eigenvalue weighted by atomic mass is 19.1. The Hall–Kier alpha value is -5.48. The van der Waals surface area contributed by atoms with Gasteiger partial charge in [-0.05, 0) is 46.2 Å². The van der Waals surface area contributed by atoms with Crippen LogP contribution in [0.3, 0.4) is 0 Å². The van der Waals surface area contributed by atoms with E-state index in [1.807, 2.05) is 84.9 Å². The fourth-order valence-corrected chi connectivity index (χ4v) is 6.53. The SMILES string of the molecule is Fc1cc2c3c(c(C4=NCCCN4)c(-c4ccccc4)c(-c4ccccc4)c3c1)OC(c1ccccc1)=C2c1ccccc1. The normalized spacial score (nSPS) is 14.2. The summed E-state index contributed by atoms with van der Waals surface area (Å²) in [5.74, 6) is 1.90. The second-order valence-electron chi connectivity index (χ2n) is 11.1. The first-order valence-corrected chi connectivity index (χ1v) is 15.0. The molecule has 0 saturated carbocycles. The Kier molecular flexibility index (Phi) is 6.53. The largest absolute Gasteiger partial charge is 0.455 e. The van der Waals surface area contributed by atoms with Crippen molar-refractivity contribution in [2.75, 3.05) is 13.1 Å². The van der Waals surface area contributed by atoms with Crippen molar-refractivity contribution in [1.82, 2.24) is 5.32 Å². The van der Waals surface area contributed by atoms with Gasteiger partial charge in [-0.25, -0.2) is 4.39 Å². The van der Waals surface area contributed by atoms with E-state index in [-0.39, 0.29) is 5.82 Å². The third-order valence-corrected chi connectivity index (χ3v) is 8.38. The molecule has 2 heterocycles.